The number of furan rings is 1. The van der Waals surface area contributed by atoms with Gasteiger partial charge in [0.25, 0.3) is 5.91 Å². The number of ether oxygens (including phenoxy) is 1. The Balaban J connectivity index is 1.40. The molecular formula is C22H19N7O4. The molecule has 0 spiro atoms. The van der Waals surface area contributed by atoms with Gasteiger partial charge in [-0.15, -0.1) is 0 Å². The number of fused-ring (bicyclic) bond motifs is 1. The van der Waals surface area contributed by atoms with Crippen LogP contribution >= 0.6 is 0 Å². The van der Waals surface area contributed by atoms with Gasteiger partial charge in [-0.05, 0) is 48.5 Å². The molecule has 0 atom stereocenters. The highest BCUT2D eigenvalue weighted by Gasteiger charge is 2.16. The van der Waals surface area contributed by atoms with E-state index >= 15 is 0 Å². The summed E-state index contributed by atoms with van der Waals surface area (Å²) in [6.45, 7) is 0.352. The first-order valence-corrected chi connectivity index (χ1v) is 10.0. The number of hydrogen-bond donors (Lipinski definition) is 5. The van der Waals surface area contributed by atoms with Crippen LogP contribution in [0.1, 0.15) is 5.76 Å². The van der Waals surface area contributed by atoms with E-state index in [0.29, 0.717) is 41.3 Å². The first-order valence-electron chi connectivity index (χ1n) is 10.0. The lowest BCUT2D eigenvalue weighted by Crippen LogP contribution is -2.25. The van der Waals surface area contributed by atoms with Gasteiger partial charge in [-0.2, -0.15) is 15.0 Å². The molecule has 1 aliphatic rings. The van der Waals surface area contributed by atoms with E-state index in [9.17, 15) is 9.90 Å². The van der Waals surface area contributed by atoms with E-state index in [1.165, 1.54) is 0 Å². The smallest absolute Gasteiger partial charge is 0.262 e. The van der Waals surface area contributed by atoms with Gasteiger partial charge in [0.2, 0.25) is 17.8 Å². The number of phenols is 1. The zero-order chi connectivity index (χ0) is 22.6. The molecule has 5 rings (SSSR count). The number of hydrogen-bond acceptors (Lipinski definition) is 10. The van der Waals surface area contributed by atoms with Gasteiger partial charge in [0.15, 0.2) is 6.61 Å². The number of benzene rings is 2. The monoisotopic (exact) mass is 445 g/mol. The summed E-state index contributed by atoms with van der Waals surface area (Å²) in [4.78, 5) is 24.8. The first kappa shape index (κ1) is 20.1. The number of anilines is 6. The number of amides is 1. The molecule has 2 aromatic heterocycles. The van der Waals surface area contributed by atoms with Crippen LogP contribution in [-0.2, 0) is 11.3 Å². The Morgan fingerprint density at radius 2 is 1.67 bits per heavy atom. The van der Waals surface area contributed by atoms with Crippen LogP contribution in [0, 0.1) is 0 Å². The fourth-order valence-electron chi connectivity index (χ4n) is 3.10. The Morgan fingerprint density at radius 3 is 2.42 bits per heavy atom. The maximum Gasteiger partial charge on any atom is 0.262 e. The fraction of sp³-hybridized carbons (Fsp3) is 0.0909. The third kappa shape index (κ3) is 4.93. The van der Waals surface area contributed by atoms with Gasteiger partial charge in [0.05, 0.1) is 18.5 Å². The molecule has 0 bridgehead atoms. The lowest BCUT2D eigenvalue weighted by atomic mass is 10.2. The average molecular weight is 445 g/mol. The highest BCUT2D eigenvalue weighted by atomic mass is 16.5. The molecule has 0 saturated heterocycles. The molecule has 0 aliphatic carbocycles. The van der Waals surface area contributed by atoms with Gasteiger partial charge in [0, 0.05) is 17.4 Å². The van der Waals surface area contributed by atoms with Crippen LogP contribution < -0.4 is 26.0 Å². The van der Waals surface area contributed by atoms with E-state index in [4.69, 9.17) is 9.15 Å². The van der Waals surface area contributed by atoms with E-state index in [-0.39, 0.29) is 24.2 Å². The number of nitrogens with zero attached hydrogens (tertiary/aromatic N) is 3. The third-order valence-corrected chi connectivity index (χ3v) is 4.63. The molecular weight excluding hydrogens is 426 g/mol. The van der Waals surface area contributed by atoms with E-state index < -0.39 is 0 Å². The molecule has 0 unspecified atom stereocenters. The summed E-state index contributed by atoms with van der Waals surface area (Å²) in [6.07, 6.45) is 1.59. The molecule has 3 heterocycles. The molecule has 166 valence electrons. The Kier molecular flexibility index (Phi) is 5.33. The van der Waals surface area contributed by atoms with Crippen LogP contribution in [-0.4, -0.2) is 32.6 Å². The topological polar surface area (TPSA) is 146 Å². The molecule has 4 aromatic rings. The average Bonchev–Trinajstić information content (AvgIpc) is 3.33. The summed E-state index contributed by atoms with van der Waals surface area (Å²) in [6, 6.07) is 15.4. The van der Waals surface area contributed by atoms with Crippen molar-refractivity contribution in [2.24, 2.45) is 0 Å². The number of carbonyl (C=O) groups is 1. The van der Waals surface area contributed by atoms with Crippen LogP contribution in [0.2, 0.25) is 0 Å². The van der Waals surface area contributed by atoms with E-state index in [0.717, 1.165) is 5.76 Å². The SMILES string of the molecule is O=C1COc2cc(Nc3nc(NCc4ccco4)nc(Nc4ccc(O)cc4)n3)ccc2N1. The first-order chi connectivity index (χ1) is 16.1. The van der Waals surface area contributed by atoms with Gasteiger partial charge in [-0.3, -0.25) is 4.79 Å². The van der Waals surface area contributed by atoms with Crippen LogP contribution in [0.5, 0.6) is 11.5 Å². The molecule has 0 saturated carbocycles. The summed E-state index contributed by atoms with van der Waals surface area (Å²) in [5.41, 5.74) is 1.96. The van der Waals surface area contributed by atoms with Gasteiger partial charge >= 0.3 is 0 Å². The number of nitrogens with one attached hydrogen (secondary N) is 4. The van der Waals surface area contributed by atoms with Crippen molar-refractivity contribution >= 4 is 40.8 Å². The van der Waals surface area contributed by atoms with Gasteiger partial charge in [0.1, 0.15) is 17.3 Å². The second kappa shape index (κ2) is 8.75. The van der Waals surface area contributed by atoms with Crippen molar-refractivity contribution in [2.75, 3.05) is 27.9 Å². The molecule has 11 nitrogen and oxygen atoms in total. The van der Waals surface area contributed by atoms with Crippen molar-refractivity contribution < 1.29 is 19.1 Å². The van der Waals surface area contributed by atoms with E-state index in [1.54, 1.807) is 54.8 Å². The molecule has 0 radical (unpaired) electrons. The predicted molar refractivity (Wildman–Crippen MR) is 121 cm³/mol. The highest BCUT2D eigenvalue weighted by Crippen LogP contribution is 2.31. The quantitative estimate of drug-likeness (QED) is 0.267. The van der Waals surface area contributed by atoms with Gasteiger partial charge < -0.3 is 35.5 Å². The molecule has 1 amide bonds. The zero-order valence-electron chi connectivity index (χ0n) is 17.2. The van der Waals surface area contributed by atoms with Crippen LogP contribution in [0.15, 0.2) is 65.3 Å². The van der Waals surface area contributed by atoms with Gasteiger partial charge in [-0.1, -0.05) is 0 Å². The molecule has 33 heavy (non-hydrogen) atoms. The Bertz CT molecular complexity index is 1280. The van der Waals surface area contributed by atoms with E-state index in [1.807, 2.05) is 6.07 Å². The molecule has 1 aliphatic heterocycles. The van der Waals surface area contributed by atoms with Crippen molar-refractivity contribution in [1.29, 1.82) is 0 Å². The maximum absolute atomic E-state index is 11.5. The summed E-state index contributed by atoms with van der Waals surface area (Å²) < 4.78 is 10.8. The number of rotatable bonds is 7. The summed E-state index contributed by atoms with van der Waals surface area (Å²) in [5.74, 6) is 2.14. The Morgan fingerprint density at radius 1 is 0.939 bits per heavy atom. The normalized spacial score (nSPS) is 12.3. The minimum absolute atomic E-state index is 0.0379. The Hall–Kier alpha value is -4.80. The lowest BCUT2D eigenvalue weighted by Gasteiger charge is -2.18. The number of aromatic hydroxyl groups is 1. The maximum atomic E-state index is 11.5. The third-order valence-electron chi connectivity index (χ3n) is 4.63. The summed E-state index contributed by atoms with van der Waals surface area (Å²) in [7, 11) is 0. The molecule has 5 N–H and O–H groups in total. The fourth-order valence-corrected chi connectivity index (χ4v) is 3.10. The van der Waals surface area contributed by atoms with Crippen molar-refractivity contribution in [1.82, 2.24) is 15.0 Å². The largest absolute Gasteiger partial charge is 0.508 e. The van der Waals surface area contributed by atoms with Crippen LogP contribution in [0.25, 0.3) is 0 Å². The number of aromatic nitrogens is 3. The molecule has 2 aromatic carbocycles. The second-order valence-corrected chi connectivity index (χ2v) is 7.08. The lowest BCUT2D eigenvalue weighted by molar-refractivity contribution is -0.118. The zero-order valence-corrected chi connectivity index (χ0v) is 17.2. The second-order valence-electron chi connectivity index (χ2n) is 7.08. The van der Waals surface area contributed by atoms with Crippen molar-refractivity contribution in [3.63, 3.8) is 0 Å². The van der Waals surface area contributed by atoms with Crippen LogP contribution in [0.3, 0.4) is 0 Å². The number of carbonyl (C=O) groups excluding carboxylic acids is 1. The van der Waals surface area contributed by atoms with Crippen molar-refractivity contribution in [3.05, 3.63) is 66.6 Å². The van der Waals surface area contributed by atoms with Crippen molar-refractivity contribution in [3.8, 4) is 11.5 Å². The summed E-state index contributed by atoms with van der Waals surface area (Å²) >= 11 is 0. The van der Waals surface area contributed by atoms with Crippen LogP contribution in [0.4, 0.5) is 34.9 Å². The molecule has 0 fully saturated rings. The minimum Gasteiger partial charge on any atom is -0.508 e. The number of phenolic OH excluding ortho intramolecular Hbond substituents is 1. The Labute approximate surface area is 187 Å². The highest BCUT2D eigenvalue weighted by molar-refractivity contribution is 5.95. The minimum atomic E-state index is -0.196. The van der Waals surface area contributed by atoms with Crippen molar-refractivity contribution in [2.45, 2.75) is 6.54 Å². The standard InChI is InChI=1S/C22H19N7O4/c30-15-6-3-13(4-7-15)24-21-27-20(23-11-16-2-1-9-32-16)28-22(29-21)25-14-5-8-17-18(10-14)33-12-19(31)26-17/h1-10,30H,11-12H2,(H,26,31)(H3,23,24,25,27,28,29). The van der Waals surface area contributed by atoms with Gasteiger partial charge in [-0.25, -0.2) is 0 Å². The summed E-state index contributed by atoms with van der Waals surface area (Å²) in [5, 5.41) is 21.6. The van der Waals surface area contributed by atoms with E-state index in [2.05, 4.69) is 36.2 Å². The molecule has 11 heteroatoms. The predicted octanol–water partition coefficient (Wildman–Crippen LogP) is 3.60.